The largest absolute Gasteiger partial charge is 0.496 e. The Morgan fingerprint density at radius 3 is 2.53 bits per heavy atom. The summed E-state index contributed by atoms with van der Waals surface area (Å²) in [6.07, 6.45) is 2.62. The highest BCUT2D eigenvalue weighted by Gasteiger charge is 2.24. The van der Waals surface area contributed by atoms with Crippen LogP contribution in [-0.2, 0) is 11.2 Å². The van der Waals surface area contributed by atoms with Crippen LogP contribution in [0.15, 0.2) is 73.1 Å². The average molecular weight is 426 g/mol. The molecule has 0 spiro atoms. The zero-order valence-corrected chi connectivity index (χ0v) is 17.5. The molecule has 5 rings (SSSR count). The molecule has 160 valence electrons. The third-order valence-electron chi connectivity index (χ3n) is 5.33. The zero-order valence-electron chi connectivity index (χ0n) is 17.5. The minimum atomic E-state index is -0.146. The number of carbonyl (C=O) groups is 1. The molecule has 0 aliphatic carbocycles. The van der Waals surface area contributed by atoms with Crippen molar-refractivity contribution in [3.8, 4) is 5.75 Å². The van der Waals surface area contributed by atoms with Crippen molar-refractivity contribution in [3.63, 3.8) is 0 Å². The normalized spacial score (nSPS) is 14.7. The van der Waals surface area contributed by atoms with Gasteiger partial charge in [-0.1, -0.05) is 18.2 Å². The summed E-state index contributed by atoms with van der Waals surface area (Å²) in [5.41, 5.74) is 4.09. The number of epoxide rings is 1. The predicted molar refractivity (Wildman–Crippen MR) is 124 cm³/mol. The molecule has 0 saturated carbocycles. The van der Waals surface area contributed by atoms with E-state index in [0.29, 0.717) is 17.1 Å². The molecule has 1 aromatic heterocycles. The highest BCUT2D eigenvalue weighted by atomic mass is 16.6. The molecule has 1 fully saturated rings. The van der Waals surface area contributed by atoms with Crippen molar-refractivity contribution < 1.29 is 14.3 Å². The van der Waals surface area contributed by atoms with Gasteiger partial charge in [-0.2, -0.15) is 0 Å². The van der Waals surface area contributed by atoms with Gasteiger partial charge in [0.2, 0.25) is 0 Å². The smallest absolute Gasteiger partial charge is 0.255 e. The summed E-state index contributed by atoms with van der Waals surface area (Å²) in [6.45, 7) is 0.791. The molecule has 7 nitrogen and oxygen atoms in total. The van der Waals surface area contributed by atoms with Gasteiger partial charge in [-0.05, 0) is 54.1 Å². The lowest BCUT2D eigenvalue weighted by Crippen LogP contribution is -2.11. The second kappa shape index (κ2) is 8.64. The van der Waals surface area contributed by atoms with Crippen LogP contribution in [0.4, 0.5) is 17.2 Å². The Kier molecular flexibility index (Phi) is 5.39. The molecule has 32 heavy (non-hydrogen) atoms. The lowest BCUT2D eigenvalue weighted by Gasteiger charge is -2.13. The Labute approximate surface area is 185 Å². The average Bonchev–Trinajstić information content (AvgIpc) is 3.65. The number of hydrogen-bond acceptors (Lipinski definition) is 6. The first-order chi connectivity index (χ1) is 15.7. The summed E-state index contributed by atoms with van der Waals surface area (Å²) in [4.78, 5) is 21.2. The first kappa shape index (κ1) is 20.0. The topological polar surface area (TPSA) is 88.7 Å². The van der Waals surface area contributed by atoms with E-state index in [0.717, 1.165) is 40.9 Å². The van der Waals surface area contributed by atoms with Gasteiger partial charge in [0.25, 0.3) is 5.91 Å². The van der Waals surface area contributed by atoms with E-state index in [9.17, 15) is 4.79 Å². The number of carbonyl (C=O) groups excluding carboxylic acids is 1. The summed E-state index contributed by atoms with van der Waals surface area (Å²) >= 11 is 0. The number of nitrogens with one attached hydrogen (secondary N) is 2. The Hall–Kier alpha value is -3.97. The van der Waals surface area contributed by atoms with Crippen molar-refractivity contribution in [2.24, 2.45) is 0 Å². The molecular formula is C25H22N4O3. The molecule has 1 saturated heterocycles. The molecule has 0 radical (unpaired) electrons. The molecule has 2 heterocycles. The van der Waals surface area contributed by atoms with Crippen LogP contribution in [0.1, 0.15) is 15.9 Å². The van der Waals surface area contributed by atoms with Crippen molar-refractivity contribution in [1.82, 2.24) is 9.97 Å². The lowest BCUT2D eigenvalue weighted by molar-refractivity contribution is 0.102. The Morgan fingerprint density at radius 1 is 1.06 bits per heavy atom. The third-order valence-corrected chi connectivity index (χ3v) is 5.33. The molecule has 1 amide bonds. The van der Waals surface area contributed by atoms with Gasteiger partial charge in [-0.25, -0.2) is 9.97 Å². The van der Waals surface area contributed by atoms with Crippen LogP contribution in [0.25, 0.3) is 10.9 Å². The maximum Gasteiger partial charge on any atom is 0.255 e. The van der Waals surface area contributed by atoms with Gasteiger partial charge in [0.1, 0.15) is 17.9 Å². The van der Waals surface area contributed by atoms with Crippen LogP contribution >= 0.6 is 0 Å². The highest BCUT2D eigenvalue weighted by Crippen LogP contribution is 2.32. The molecule has 1 aliphatic heterocycles. The SMILES string of the molecule is COc1cc2c(Nc3ccc(NC(=O)c4ccccc4)cc3)ncnc2cc1C[C@@H]1CO1. The molecule has 0 bridgehead atoms. The van der Waals surface area contributed by atoms with E-state index in [1.54, 1.807) is 25.6 Å². The standard InChI is InChI=1S/C25H22N4O3/c1-31-23-13-21-22(12-17(23)11-20-14-32-20)26-15-27-24(21)28-18-7-9-19(10-8-18)29-25(30)16-5-3-2-4-6-16/h2-10,12-13,15,20H,11,14H2,1H3,(H,29,30)(H,26,27,28)/t20-/m1/s1. The molecule has 0 unspecified atom stereocenters. The number of methoxy groups -OCH3 is 1. The maximum absolute atomic E-state index is 12.3. The van der Waals surface area contributed by atoms with Crippen LogP contribution < -0.4 is 15.4 Å². The Balaban J connectivity index is 1.35. The number of hydrogen-bond donors (Lipinski definition) is 2. The van der Waals surface area contributed by atoms with Gasteiger partial charge >= 0.3 is 0 Å². The lowest BCUT2D eigenvalue weighted by atomic mass is 10.1. The van der Waals surface area contributed by atoms with Gasteiger partial charge in [-0.15, -0.1) is 0 Å². The molecule has 1 atom stereocenters. The fourth-order valence-electron chi connectivity index (χ4n) is 3.57. The van der Waals surface area contributed by atoms with E-state index in [4.69, 9.17) is 9.47 Å². The van der Waals surface area contributed by atoms with Gasteiger partial charge in [0.15, 0.2) is 0 Å². The van der Waals surface area contributed by atoms with E-state index in [1.165, 1.54) is 0 Å². The molecular weight excluding hydrogens is 404 g/mol. The van der Waals surface area contributed by atoms with Crippen LogP contribution in [0.3, 0.4) is 0 Å². The number of fused-ring (bicyclic) bond motifs is 1. The molecule has 4 aromatic rings. The predicted octanol–water partition coefficient (Wildman–Crippen LogP) is 4.58. The Bertz CT molecular complexity index is 1260. The van der Waals surface area contributed by atoms with E-state index in [2.05, 4.69) is 20.6 Å². The van der Waals surface area contributed by atoms with Gasteiger partial charge in [-0.3, -0.25) is 4.79 Å². The van der Waals surface area contributed by atoms with Gasteiger partial charge < -0.3 is 20.1 Å². The maximum atomic E-state index is 12.3. The molecule has 3 aromatic carbocycles. The quantitative estimate of drug-likeness (QED) is 0.421. The van der Waals surface area contributed by atoms with Gasteiger partial charge in [0, 0.05) is 28.7 Å². The van der Waals surface area contributed by atoms with Crippen LogP contribution in [0.5, 0.6) is 5.75 Å². The fraction of sp³-hybridized carbons (Fsp3) is 0.160. The van der Waals surface area contributed by atoms with Crippen LogP contribution in [0, 0.1) is 0 Å². The second-order valence-corrected chi connectivity index (χ2v) is 7.59. The van der Waals surface area contributed by atoms with E-state index in [-0.39, 0.29) is 12.0 Å². The molecule has 1 aliphatic rings. The number of rotatable bonds is 7. The second-order valence-electron chi connectivity index (χ2n) is 7.59. The van der Waals surface area contributed by atoms with Crippen molar-refractivity contribution in [3.05, 3.63) is 84.2 Å². The number of amides is 1. The monoisotopic (exact) mass is 426 g/mol. The van der Waals surface area contributed by atoms with E-state index < -0.39 is 0 Å². The fourth-order valence-corrected chi connectivity index (χ4v) is 3.57. The van der Waals surface area contributed by atoms with Gasteiger partial charge in [0.05, 0.1) is 25.3 Å². The summed E-state index contributed by atoms with van der Waals surface area (Å²) in [5.74, 6) is 1.33. The number of ether oxygens (including phenoxy) is 2. The summed E-state index contributed by atoms with van der Waals surface area (Å²) < 4.78 is 11.0. The van der Waals surface area contributed by atoms with Crippen LogP contribution in [0.2, 0.25) is 0 Å². The Morgan fingerprint density at radius 2 is 1.81 bits per heavy atom. The summed E-state index contributed by atoms with van der Waals surface area (Å²) in [5, 5.41) is 7.11. The minimum absolute atomic E-state index is 0.146. The van der Waals surface area contributed by atoms with Crippen molar-refractivity contribution in [2.45, 2.75) is 12.5 Å². The van der Waals surface area contributed by atoms with Crippen molar-refractivity contribution in [2.75, 3.05) is 24.4 Å². The van der Waals surface area contributed by atoms with E-state index in [1.807, 2.05) is 54.6 Å². The summed E-state index contributed by atoms with van der Waals surface area (Å²) in [7, 11) is 1.66. The summed E-state index contributed by atoms with van der Waals surface area (Å²) in [6, 6.07) is 20.6. The van der Waals surface area contributed by atoms with Crippen molar-refractivity contribution in [1.29, 1.82) is 0 Å². The first-order valence-corrected chi connectivity index (χ1v) is 10.4. The molecule has 2 N–H and O–H groups in total. The number of benzene rings is 3. The number of aromatic nitrogens is 2. The molecule has 7 heteroatoms. The highest BCUT2D eigenvalue weighted by molar-refractivity contribution is 6.04. The minimum Gasteiger partial charge on any atom is -0.496 e. The van der Waals surface area contributed by atoms with Crippen LogP contribution in [-0.4, -0.2) is 35.7 Å². The first-order valence-electron chi connectivity index (χ1n) is 10.4. The number of nitrogens with zero attached hydrogens (tertiary/aromatic N) is 2. The zero-order chi connectivity index (χ0) is 21.9. The third kappa shape index (κ3) is 4.38. The van der Waals surface area contributed by atoms with Crippen molar-refractivity contribution >= 4 is 34.0 Å². The van der Waals surface area contributed by atoms with E-state index >= 15 is 0 Å². The number of anilines is 3.